The summed E-state index contributed by atoms with van der Waals surface area (Å²) in [4.78, 5) is 10.9. The van der Waals surface area contributed by atoms with E-state index in [1.165, 1.54) is 0 Å². The van der Waals surface area contributed by atoms with Gasteiger partial charge in [-0.05, 0) is 12.1 Å². The van der Waals surface area contributed by atoms with Crippen molar-refractivity contribution in [2.75, 3.05) is 13.7 Å². The Kier molecular flexibility index (Phi) is 3.42. The van der Waals surface area contributed by atoms with E-state index in [4.69, 9.17) is 5.11 Å². The lowest BCUT2D eigenvalue weighted by Crippen LogP contribution is -2.43. The zero-order valence-electron chi connectivity index (χ0n) is 9.81. The lowest BCUT2D eigenvalue weighted by atomic mass is 10.1. The molecule has 1 aromatic heterocycles. The SMILES string of the molecule is COS(=O)(=O)N1CCn2cccc2C1CC(=O)O. The number of carboxylic acid groups (broad SMARTS) is 1. The van der Waals surface area contributed by atoms with Gasteiger partial charge in [0.1, 0.15) is 0 Å². The van der Waals surface area contributed by atoms with Crippen molar-refractivity contribution < 1.29 is 22.5 Å². The van der Waals surface area contributed by atoms with Gasteiger partial charge in [0.2, 0.25) is 0 Å². The maximum atomic E-state index is 11.8. The third kappa shape index (κ3) is 2.26. The van der Waals surface area contributed by atoms with Crippen LogP contribution in [-0.4, -0.2) is 42.0 Å². The predicted octanol–water partition coefficient (Wildman–Crippen LogP) is 0.211. The fourth-order valence-electron chi connectivity index (χ4n) is 2.18. The van der Waals surface area contributed by atoms with Gasteiger partial charge in [0, 0.05) is 25.0 Å². The second-order valence-electron chi connectivity index (χ2n) is 3.98. The van der Waals surface area contributed by atoms with Crippen molar-refractivity contribution in [2.45, 2.75) is 19.0 Å². The molecule has 7 nitrogen and oxygen atoms in total. The Balaban J connectivity index is 2.40. The molecule has 0 saturated carbocycles. The highest BCUT2D eigenvalue weighted by Gasteiger charge is 2.36. The summed E-state index contributed by atoms with van der Waals surface area (Å²) < 4.78 is 31.0. The van der Waals surface area contributed by atoms with E-state index >= 15 is 0 Å². The van der Waals surface area contributed by atoms with Crippen molar-refractivity contribution >= 4 is 16.3 Å². The van der Waals surface area contributed by atoms with Crippen molar-refractivity contribution in [3.05, 3.63) is 24.0 Å². The highest BCUT2D eigenvalue weighted by molar-refractivity contribution is 7.84. The molecule has 0 aromatic carbocycles. The van der Waals surface area contributed by atoms with Gasteiger partial charge in [-0.3, -0.25) is 8.98 Å². The van der Waals surface area contributed by atoms with E-state index in [0.29, 0.717) is 12.2 Å². The molecule has 1 aromatic rings. The molecule has 0 saturated heterocycles. The first-order valence-electron chi connectivity index (χ1n) is 5.40. The summed E-state index contributed by atoms with van der Waals surface area (Å²) in [6.07, 6.45) is 1.52. The molecule has 0 spiro atoms. The van der Waals surface area contributed by atoms with Crippen LogP contribution in [0.25, 0.3) is 0 Å². The van der Waals surface area contributed by atoms with Crippen molar-refractivity contribution in [3.8, 4) is 0 Å². The van der Waals surface area contributed by atoms with Crippen molar-refractivity contribution in [1.29, 1.82) is 0 Å². The third-order valence-electron chi connectivity index (χ3n) is 2.98. The van der Waals surface area contributed by atoms with Crippen LogP contribution in [0.2, 0.25) is 0 Å². The monoisotopic (exact) mass is 274 g/mol. The number of carboxylic acids is 1. The first kappa shape index (κ1) is 13.1. The van der Waals surface area contributed by atoms with Gasteiger partial charge < -0.3 is 9.67 Å². The molecule has 2 heterocycles. The van der Waals surface area contributed by atoms with Gasteiger partial charge in [0.05, 0.1) is 19.6 Å². The van der Waals surface area contributed by atoms with Gasteiger partial charge in [-0.1, -0.05) is 0 Å². The molecule has 1 atom stereocenters. The summed E-state index contributed by atoms with van der Waals surface area (Å²) in [5.41, 5.74) is 0.671. The second kappa shape index (κ2) is 4.71. The molecule has 1 unspecified atom stereocenters. The normalized spacial score (nSPS) is 20.6. The Morgan fingerprint density at radius 3 is 2.89 bits per heavy atom. The van der Waals surface area contributed by atoms with E-state index < -0.39 is 22.3 Å². The molecule has 0 bridgehead atoms. The first-order chi connectivity index (χ1) is 8.45. The molecule has 2 rings (SSSR count). The number of carbonyl (C=O) groups is 1. The van der Waals surface area contributed by atoms with Crippen LogP contribution in [0.15, 0.2) is 18.3 Å². The number of hydrogen-bond donors (Lipinski definition) is 1. The number of nitrogens with zero attached hydrogens (tertiary/aromatic N) is 2. The average molecular weight is 274 g/mol. The molecular formula is C10H14N2O5S. The van der Waals surface area contributed by atoms with Gasteiger partial charge in [-0.2, -0.15) is 12.7 Å². The van der Waals surface area contributed by atoms with Gasteiger partial charge in [-0.15, -0.1) is 0 Å². The van der Waals surface area contributed by atoms with Crippen LogP contribution >= 0.6 is 0 Å². The summed E-state index contributed by atoms with van der Waals surface area (Å²) in [5, 5.41) is 8.91. The number of aromatic nitrogens is 1. The summed E-state index contributed by atoms with van der Waals surface area (Å²) in [6.45, 7) is 0.691. The van der Waals surface area contributed by atoms with E-state index in [0.717, 1.165) is 11.4 Å². The molecule has 1 aliphatic heterocycles. The van der Waals surface area contributed by atoms with E-state index in [2.05, 4.69) is 4.18 Å². The highest BCUT2D eigenvalue weighted by Crippen LogP contribution is 2.31. The molecule has 8 heteroatoms. The minimum Gasteiger partial charge on any atom is -0.481 e. The molecule has 0 radical (unpaired) electrons. The lowest BCUT2D eigenvalue weighted by Gasteiger charge is -2.34. The molecular weight excluding hydrogens is 260 g/mol. The van der Waals surface area contributed by atoms with Crippen molar-refractivity contribution in [1.82, 2.24) is 8.87 Å². The van der Waals surface area contributed by atoms with Gasteiger partial charge >= 0.3 is 16.3 Å². The zero-order valence-corrected chi connectivity index (χ0v) is 10.6. The quantitative estimate of drug-likeness (QED) is 0.848. The highest BCUT2D eigenvalue weighted by atomic mass is 32.2. The molecule has 0 aliphatic carbocycles. The van der Waals surface area contributed by atoms with Crippen LogP contribution in [0, 0.1) is 0 Å². The Morgan fingerprint density at radius 2 is 2.28 bits per heavy atom. The molecule has 0 fully saturated rings. The minimum atomic E-state index is -3.88. The van der Waals surface area contributed by atoms with E-state index in [1.807, 2.05) is 4.57 Å². The van der Waals surface area contributed by atoms with Gasteiger partial charge in [-0.25, -0.2) is 0 Å². The topological polar surface area (TPSA) is 88.8 Å². The van der Waals surface area contributed by atoms with Crippen LogP contribution in [0.4, 0.5) is 0 Å². The van der Waals surface area contributed by atoms with Gasteiger partial charge in [0.15, 0.2) is 0 Å². The molecule has 100 valence electrons. The zero-order chi connectivity index (χ0) is 13.3. The van der Waals surface area contributed by atoms with Crippen LogP contribution in [0.5, 0.6) is 0 Å². The van der Waals surface area contributed by atoms with E-state index in [9.17, 15) is 13.2 Å². The number of fused-ring (bicyclic) bond motifs is 1. The van der Waals surface area contributed by atoms with Crippen LogP contribution in [-0.2, 0) is 25.8 Å². The summed E-state index contributed by atoms with van der Waals surface area (Å²) >= 11 is 0. The van der Waals surface area contributed by atoms with Crippen LogP contribution < -0.4 is 0 Å². The fraction of sp³-hybridized carbons (Fsp3) is 0.500. The summed E-state index contributed by atoms with van der Waals surface area (Å²) in [5.74, 6) is -1.05. The largest absolute Gasteiger partial charge is 0.481 e. The van der Waals surface area contributed by atoms with Crippen LogP contribution in [0.1, 0.15) is 18.2 Å². The summed E-state index contributed by atoms with van der Waals surface area (Å²) in [6, 6.07) is 2.77. The maximum Gasteiger partial charge on any atom is 0.338 e. The lowest BCUT2D eigenvalue weighted by molar-refractivity contribution is -0.138. The minimum absolute atomic E-state index is 0.204. The third-order valence-corrected chi connectivity index (χ3v) is 4.41. The fourth-order valence-corrected chi connectivity index (χ4v) is 3.17. The Hall–Kier alpha value is -1.38. The number of rotatable bonds is 4. The molecule has 1 aliphatic rings. The van der Waals surface area contributed by atoms with Crippen LogP contribution in [0.3, 0.4) is 0 Å². The molecule has 0 amide bonds. The van der Waals surface area contributed by atoms with E-state index in [-0.39, 0.29) is 13.0 Å². The molecule has 1 N–H and O–H groups in total. The Bertz CT molecular complexity index is 550. The van der Waals surface area contributed by atoms with Gasteiger partial charge in [0.25, 0.3) is 0 Å². The average Bonchev–Trinajstić information content (AvgIpc) is 2.77. The van der Waals surface area contributed by atoms with Crippen molar-refractivity contribution in [2.24, 2.45) is 0 Å². The molecule has 18 heavy (non-hydrogen) atoms. The maximum absolute atomic E-state index is 11.8. The Labute approximate surface area is 105 Å². The Morgan fingerprint density at radius 1 is 1.56 bits per heavy atom. The standard InChI is InChI=1S/C10H14N2O5S/c1-17-18(15,16)12-6-5-11-4-2-3-8(11)9(12)7-10(13)14/h2-4,9H,5-7H2,1H3,(H,13,14). The summed E-state index contributed by atoms with van der Waals surface area (Å²) in [7, 11) is -2.81. The second-order valence-corrected chi connectivity index (χ2v) is 5.63. The first-order valence-corrected chi connectivity index (χ1v) is 6.76. The predicted molar refractivity (Wildman–Crippen MR) is 62.1 cm³/mol. The smallest absolute Gasteiger partial charge is 0.338 e. The van der Waals surface area contributed by atoms with E-state index in [1.54, 1.807) is 18.3 Å². The van der Waals surface area contributed by atoms with Crippen molar-refractivity contribution in [3.63, 3.8) is 0 Å². The number of hydrogen-bond acceptors (Lipinski definition) is 4. The number of aliphatic carboxylic acids is 1.